The molecular formula is C15H21NO3. The molecule has 19 heavy (non-hydrogen) atoms. The predicted octanol–water partition coefficient (Wildman–Crippen LogP) is 1.70. The second kappa shape index (κ2) is 5.21. The zero-order valence-electron chi connectivity index (χ0n) is 11.8. The molecule has 1 aliphatic carbocycles. The number of fused-ring (bicyclic) bond motifs is 1. The minimum atomic E-state index is -1.04. The Balaban J connectivity index is 2.33. The van der Waals surface area contributed by atoms with Gasteiger partial charge in [0.1, 0.15) is 5.75 Å². The fraction of sp³-hybridized carbons (Fsp3) is 0.533. The number of aryl methyl sites for hydroxylation is 1. The maximum absolute atomic E-state index is 11.9. The van der Waals surface area contributed by atoms with Gasteiger partial charge in [-0.05, 0) is 42.5 Å². The van der Waals surface area contributed by atoms with E-state index in [9.17, 15) is 9.90 Å². The molecule has 0 saturated carbocycles. The lowest BCUT2D eigenvalue weighted by Gasteiger charge is -2.35. The van der Waals surface area contributed by atoms with E-state index in [0.29, 0.717) is 6.42 Å². The molecule has 2 rings (SSSR count). The van der Waals surface area contributed by atoms with Crippen LogP contribution in [-0.2, 0) is 16.8 Å². The summed E-state index contributed by atoms with van der Waals surface area (Å²) in [5.74, 6) is 0.744. The third kappa shape index (κ3) is 2.73. The van der Waals surface area contributed by atoms with Crippen molar-refractivity contribution in [3.05, 3.63) is 29.3 Å². The molecule has 0 radical (unpaired) electrons. The molecule has 1 aromatic carbocycles. The Morgan fingerprint density at radius 2 is 2.21 bits per heavy atom. The zero-order valence-corrected chi connectivity index (χ0v) is 11.8. The molecule has 0 aliphatic heterocycles. The van der Waals surface area contributed by atoms with E-state index in [0.717, 1.165) is 29.7 Å². The van der Waals surface area contributed by atoms with Gasteiger partial charge >= 0.3 is 0 Å². The van der Waals surface area contributed by atoms with Gasteiger partial charge in [0.15, 0.2) is 0 Å². The third-order valence-corrected chi connectivity index (χ3v) is 3.79. The minimum Gasteiger partial charge on any atom is -0.497 e. The summed E-state index contributed by atoms with van der Waals surface area (Å²) in [6, 6.07) is 5.69. The number of hydrogen-bond donors (Lipinski definition) is 1. The number of benzene rings is 1. The molecule has 0 heterocycles. The van der Waals surface area contributed by atoms with Crippen LogP contribution in [0.15, 0.2) is 18.2 Å². The molecule has 1 atom stereocenters. The average Bonchev–Trinajstić information content (AvgIpc) is 2.38. The van der Waals surface area contributed by atoms with Gasteiger partial charge in [0.2, 0.25) is 5.91 Å². The minimum absolute atomic E-state index is 0.0498. The molecule has 104 valence electrons. The number of rotatable bonds is 3. The van der Waals surface area contributed by atoms with Crippen LogP contribution in [0.25, 0.3) is 0 Å². The number of nitrogens with zero attached hydrogens (tertiary/aromatic N) is 1. The molecule has 4 nitrogen and oxygen atoms in total. The first-order valence-corrected chi connectivity index (χ1v) is 6.56. The van der Waals surface area contributed by atoms with Crippen LogP contribution >= 0.6 is 0 Å². The molecule has 1 aliphatic rings. The molecule has 1 amide bonds. The van der Waals surface area contributed by atoms with Gasteiger partial charge < -0.3 is 14.7 Å². The highest BCUT2D eigenvalue weighted by Gasteiger charge is 2.36. The van der Waals surface area contributed by atoms with Gasteiger partial charge in [0.05, 0.1) is 19.1 Å². The smallest absolute Gasteiger partial charge is 0.225 e. The van der Waals surface area contributed by atoms with Crippen LogP contribution in [0, 0.1) is 0 Å². The second-order valence-electron chi connectivity index (χ2n) is 5.37. The molecule has 1 N–H and O–H groups in total. The molecule has 0 bridgehead atoms. The number of methoxy groups -OCH3 is 1. The van der Waals surface area contributed by atoms with Crippen molar-refractivity contribution in [1.29, 1.82) is 0 Å². The van der Waals surface area contributed by atoms with Crippen molar-refractivity contribution in [2.24, 2.45) is 0 Å². The monoisotopic (exact) mass is 263 g/mol. The first kappa shape index (κ1) is 13.9. The van der Waals surface area contributed by atoms with Crippen LogP contribution in [0.2, 0.25) is 0 Å². The molecule has 1 aromatic rings. The number of aliphatic hydroxyl groups is 1. The van der Waals surface area contributed by atoms with Gasteiger partial charge in [-0.2, -0.15) is 0 Å². The van der Waals surface area contributed by atoms with Crippen LogP contribution in [0.1, 0.15) is 30.4 Å². The van der Waals surface area contributed by atoms with Crippen LogP contribution in [0.3, 0.4) is 0 Å². The Morgan fingerprint density at radius 3 is 2.84 bits per heavy atom. The van der Waals surface area contributed by atoms with Gasteiger partial charge in [-0.3, -0.25) is 4.79 Å². The summed E-state index contributed by atoms with van der Waals surface area (Å²) in [7, 11) is 5.05. The molecule has 0 fully saturated rings. The molecule has 0 saturated heterocycles. The molecule has 0 spiro atoms. The molecule has 0 aromatic heterocycles. The Morgan fingerprint density at radius 1 is 1.47 bits per heavy atom. The molecular weight excluding hydrogens is 242 g/mol. The van der Waals surface area contributed by atoms with Crippen molar-refractivity contribution in [2.75, 3.05) is 21.2 Å². The Labute approximate surface area is 114 Å². The average molecular weight is 263 g/mol. The summed E-state index contributed by atoms with van der Waals surface area (Å²) in [6.45, 7) is 0. The first-order valence-electron chi connectivity index (χ1n) is 6.56. The van der Waals surface area contributed by atoms with Gasteiger partial charge in [0.25, 0.3) is 0 Å². The van der Waals surface area contributed by atoms with E-state index in [1.165, 1.54) is 4.90 Å². The van der Waals surface area contributed by atoms with E-state index in [2.05, 4.69) is 0 Å². The van der Waals surface area contributed by atoms with Crippen LogP contribution in [0.5, 0.6) is 5.75 Å². The fourth-order valence-corrected chi connectivity index (χ4v) is 2.66. The van der Waals surface area contributed by atoms with Gasteiger partial charge in [-0.15, -0.1) is 0 Å². The summed E-state index contributed by atoms with van der Waals surface area (Å²) >= 11 is 0. The Kier molecular flexibility index (Phi) is 3.80. The van der Waals surface area contributed by atoms with E-state index in [4.69, 9.17) is 4.74 Å². The van der Waals surface area contributed by atoms with Gasteiger partial charge in [-0.25, -0.2) is 0 Å². The van der Waals surface area contributed by atoms with Crippen molar-refractivity contribution in [3.63, 3.8) is 0 Å². The Hall–Kier alpha value is -1.55. The van der Waals surface area contributed by atoms with Crippen molar-refractivity contribution in [3.8, 4) is 5.75 Å². The summed E-state index contributed by atoms with van der Waals surface area (Å²) < 4.78 is 5.21. The highest BCUT2D eigenvalue weighted by atomic mass is 16.5. The first-order chi connectivity index (χ1) is 8.96. The number of amides is 1. The van der Waals surface area contributed by atoms with Gasteiger partial charge in [-0.1, -0.05) is 6.07 Å². The quantitative estimate of drug-likeness (QED) is 0.903. The van der Waals surface area contributed by atoms with Crippen LogP contribution in [0.4, 0.5) is 0 Å². The highest BCUT2D eigenvalue weighted by Crippen LogP contribution is 2.39. The lowest BCUT2D eigenvalue weighted by Crippen LogP contribution is -2.37. The van der Waals surface area contributed by atoms with Crippen LogP contribution in [-0.4, -0.2) is 37.1 Å². The fourth-order valence-electron chi connectivity index (χ4n) is 2.66. The zero-order chi connectivity index (χ0) is 14.0. The van der Waals surface area contributed by atoms with Crippen molar-refractivity contribution in [2.45, 2.75) is 31.3 Å². The van der Waals surface area contributed by atoms with E-state index < -0.39 is 5.60 Å². The highest BCUT2D eigenvalue weighted by molar-refractivity contribution is 5.77. The summed E-state index contributed by atoms with van der Waals surface area (Å²) in [4.78, 5) is 13.4. The number of ether oxygens (including phenoxy) is 1. The lowest BCUT2D eigenvalue weighted by molar-refractivity contribution is -0.135. The van der Waals surface area contributed by atoms with Gasteiger partial charge in [0, 0.05) is 14.1 Å². The topological polar surface area (TPSA) is 49.8 Å². The maximum atomic E-state index is 11.9. The third-order valence-electron chi connectivity index (χ3n) is 3.79. The summed E-state index contributed by atoms with van der Waals surface area (Å²) in [5, 5.41) is 10.8. The van der Waals surface area contributed by atoms with E-state index in [-0.39, 0.29) is 12.3 Å². The Bertz CT molecular complexity index is 484. The van der Waals surface area contributed by atoms with Crippen molar-refractivity contribution >= 4 is 5.91 Å². The molecule has 1 unspecified atom stereocenters. The lowest BCUT2D eigenvalue weighted by atomic mass is 9.77. The normalized spacial score (nSPS) is 21.7. The number of carbonyl (C=O) groups excluding carboxylic acids is 1. The van der Waals surface area contributed by atoms with E-state index >= 15 is 0 Å². The summed E-state index contributed by atoms with van der Waals surface area (Å²) in [6.07, 6.45) is 2.58. The number of carbonyl (C=O) groups is 1. The van der Waals surface area contributed by atoms with Crippen molar-refractivity contribution < 1.29 is 14.6 Å². The van der Waals surface area contributed by atoms with E-state index in [1.54, 1.807) is 21.2 Å². The largest absolute Gasteiger partial charge is 0.497 e. The SMILES string of the molecule is COc1ccc2c(c1)CCCC2(O)CC(=O)N(C)C. The number of hydrogen-bond acceptors (Lipinski definition) is 3. The molecule has 4 heteroatoms. The maximum Gasteiger partial charge on any atom is 0.225 e. The predicted molar refractivity (Wildman–Crippen MR) is 73.1 cm³/mol. The van der Waals surface area contributed by atoms with Crippen molar-refractivity contribution in [1.82, 2.24) is 4.90 Å². The second-order valence-corrected chi connectivity index (χ2v) is 5.37. The summed E-state index contributed by atoms with van der Waals surface area (Å²) in [5.41, 5.74) is 0.913. The van der Waals surface area contributed by atoms with E-state index in [1.807, 2.05) is 18.2 Å². The van der Waals surface area contributed by atoms with Crippen LogP contribution < -0.4 is 4.74 Å². The standard InChI is InChI=1S/C15H21NO3/c1-16(2)14(17)10-15(18)8-4-5-11-9-12(19-3)6-7-13(11)15/h6-7,9,18H,4-5,8,10H2,1-3H3.